The van der Waals surface area contributed by atoms with Gasteiger partial charge in [-0.3, -0.25) is 9.69 Å². The van der Waals surface area contributed by atoms with E-state index >= 15 is 0 Å². The smallest absolute Gasteiger partial charge is 0.291 e. The third-order valence-electron chi connectivity index (χ3n) is 4.45. The molecule has 1 saturated heterocycles. The average molecular weight is 331 g/mol. The quantitative estimate of drug-likeness (QED) is 0.909. The fourth-order valence-electron chi connectivity index (χ4n) is 3.15. The fraction of sp³-hybridized carbons (Fsp3) is 0.471. The molecule has 0 bridgehead atoms. The third kappa shape index (κ3) is 3.46. The molecule has 24 heavy (non-hydrogen) atoms. The van der Waals surface area contributed by atoms with Crippen molar-refractivity contribution in [1.82, 2.24) is 25.0 Å². The number of hydrogen-bond acceptors (Lipinski definition) is 4. The van der Waals surface area contributed by atoms with E-state index in [2.05, 4.69) is 27.2 Å². The standard InChI is InChI=1S/C17H22FN5O/c1-3-22-10-4-5-15(22)11-19-17(24)16-20-12(2)23(21-16)14-8-6-13(18)7-9-14/h6-9,15H,3-5,10-11H2,1-2H3,(H,19,24). The third-order valence-corrected chi connectivity index (χ3v) is 4.45. The maximum absolute atomic E-state index is 13.0. The van der Waals surface area contributed by atoms with E-state index in [9.17, 15) is 9.18 Å². The highest BCUT2D eigenvalue weighted by molar-refractivity contribution is 5.90. The van der Waals surface area contributed by atoms with Gasteiger partial charge in [-0.15, -0.1) is 5.10 Å². The van der Waals surface area contributed by atoms with Crippen molar-refractivity contribution in [3.63, 3.8) is 0 Å². The van der Waals surface area contributed by atoms with Crippen LogP contribution in [0.4, 0.5) is 4.39 Å². The maximum atomic E-state index is 13.0. The summed E-state index contributed by atoms with van der Waals surface area (Å²) in [5.74, 6) is 0.133. The Hall–Kier alpha value is -2.28. The van der Waals surface area contributed by atoms with Gasteiger partial charge in [0.15, 0.2) is 0 Å². The molecule has 0 radical (unpaired) electrons. The van der Waals surface area contributed by atoms with Crippen molar-refractivity contribution in [2.24, 2.45) is 0 Å². The largest absolute Gasteiger partial charge is 0.348 e. The minimum Gasteiger partial charge on any atom is -0.348 e. The lowest BCUT2D eigenvalue weighted by Crippen LogP contribution is -2.40. The Bertz CT molecular complexity index is 712. The highest BCUT2D eigenvalue weighted by Gasteiger charge is 2.24. The molecule has 1 N–H and O–H groups in total. The van der Waals surface area contributed by atoms with Gasteiger partial charge in [0.25, 0.3) is 5.91 Å². The number of aryl methyl sites for hydroxylation is 1. The van der Waals surface area contributed by atoms with Gasteiger partial charge >= 0.3 is 0 Å². The first kappa shape index (κ1) is 16.6. The van der Waals surface area contributed by atoms with Gasteiger partial charge < -0.3 is 5.32 Å². The number of carbonyl (C=O) groups is 1. The number of nitrogens with one attached hydrogen (secondary N) is 1. The number of hydrogen-bond donors (Lipinski definition) is 1. The molecule has 1 aliphatic heterocycles. The van der Waals surface area contributed by atoms with E-state index in [1.54, 1.807) is 23.7 Å². The Balaban J connectivity index is 1.67. The Kier molecular flexibility index (Phi) is 4.89. The topological polar surface area (TPSA) is 63.1 Å². The molecular formula is C17H22FN5O. The summed E-state index contributed by atoms with van der Waals surface area (Å²) < 4.78 is 14.6. The average Bonchev–Trinajstić information content (AvgIpc) is 3.19. The number of likely N-dealkylation sites (N-methyl/N-ethyl adjacent to an activating group) is 1. The molecule has 1 aromatic heterocycles. The van der Waals surface area contributed by atoms with Crippen molar-refractivity contribution in [2.75, 3.05) is 19.6 Å². The molecule has 1 aliphatic rings. The maximum Gasteiger partial charge on any atom is 0.291 e. The second kappa shape index (κ2) is 7.09. The van der Waals surface area contributed by atoms with E-state index in [1.807, 2.05) is 0 Å². The van der Waals surface area contributed by atoms with Crippen molar-refractivity contribution in [2.45, 2.75) is 32.7 Å². The molecule has 0 aliphatic carbocycles. The lowest BCUT2D eigenvalue weighted by atomic mass is 10.2. The summed E-state index contributed by atoms with van der Waals surface area (Å²) in [6.45, 7) is 6.60. The van der Waals surface area contributed by atoms with Gasteiger partial charge in [-0.25, -0.2) is 14.1 Å². The molecule has 3 rings (SSSR count). The Morgan fingerprint density at radius 2 is 2.12 bits per heavy atom. The molecule has 0 saturated carbocycles. The number of likely N-dealkylation sites (tertiary alicyclic amines) is 1. The molecule has 7 heteroatoms. The van der Waals surface area contributed by atoms with Crippen LogP contribution in [0.25, 0.3) is 5.69 Å². The number of benzene rings is 1. The van der Waals surface area contributed by atoms with Crippen LogP contribution >= 0.6 is 0 Å². The SMILES string of the molecule is CCN1CCCC1CNC(=O)c1nc(C)n(-c2ccc(F)cc2)n1. The van der Waals surface area contributed by atoms with Gasteiger partial charge in [0.1, 0.15) is 11.6 Å². The van der Waals surface area contributed by atoms with E-state index in [0.29, 0.717) is 24.1 Å². The van der Waals surface area contributed by atoms with Crippen LogP contribution in [0, 0.1) is 12.7 Å². The minimum absolute atomic E-state index is 0.137. The van der Waals surface area contributed by atoms with E-state index < -0.39 is 0 Å². The van der Waals surface area contributed by atoms with Crippen LogP contribution in [0.2, 0.25) is 0 Å². The zero-order chi connectivity index (χ0) is 17.1. The van der Waals surface area contributed by atoms with E-state index in [4.69, 9.17) is 0 Å². The molecule has 1 fully saturated rings. The molecule has 128 valence electrons. The van der Waals surface area contributed by atoms with Gasteiger partial charge in [0.2, 0.25) is 5.82 Å². The zero-order valence-electron chi connectivity index (χ0n) is 14.0. The molecule has 6 nitrogen and oxygen atoms in total. The normalized spacial score (nSPS) is 18.0. The highest BCUT2D eigenvalue weighted by Crippen LogP contribution is 2.16. The second-order valence-corrected chi connectivity index (χ2v) is 6.01. The van der Waals surface area contributed by atoms with Gasteiger partial charge in [-0.1, -0.05) is 6.92 Å². The van der Waals surface area contributed by atoms with Crippen LogP contribution in [0.3, 0.4) is 0 Å². The zero-order valence-corrected chi connectivity index (χ0v) is 14.0. The summed E-state index contributed by atoms with van der Waals surface area (Å²) in [7, 11) is 0. The number of halogens is 1. The van der Waals surface area contributed by atoms with Crippen LogP contribution < -0.4 is 5.32 Å². The van der Waals surface area contributed by atoms with Crippen molar-refractivity contribution in [3.05, 3.63) is 41.7 Å². The predicted molar refractivity (Wildman–Crippen MR) is 88.7 cm³/mol. The summed E-state index contributed by atoms with van der Waals surface area (Å²) in [5, 5.41) is 7.18. The van der Waals surface area contributed by atoms with Crippen LogP contribution in [-0.2, 0) is 0 Å². The monoisotopic (exact) mass is 331 g/mol. The number of rotatable bonds is 5. The van der Waals surface area contributed by atoms with Gasteiger partial charge in [0, 0.05) is 12.6 Å². The summed E-state index contributed by atoms with van der Waals surface area (Å²) >= 11 is 0. The molecule has 1 aromatic carbocycles. The van der Waals surface area contributed by atoms with Gasteiger partial charge in [0.05, 0.1) is 5.69 Å². The van der Waals surface area contributed by atoms with Crippen molar-refractivity contribution in [1.29, 1.82) is 0 Å². The summed E-state index contributed by atoms with van der Waals surface area (Å²) in [6, 6.07) is 6.32. The molecule has 2 heterocycles. The van der Waals surface area contributed by atoms with Crippen LogP contribution in [0.1, 0.15) is 36.2 Å². The number of carbonyl (C=O) groups excluding carboxylic acids is 1. The Morgan fingerprint density at radius 3 is 2.83 bits per heavy atom. The van der Waals surface area contributed by atoms with Crippen LogP contribution in [0.5, 0.6) is 0 Å². The van der Waals surface area contributed by atoms with Crippen LogP contribution in [0.15, 0.2) is 24.3 Å². The van der Waals surface area contributed by atoms with Gasteiger partial charge in [-0.05, 0) is 57.1 Å². The van der Waals surface area contributed by atoms with Crippen molar-refractivity contribution < 1.29 is 9.18 Å². The molecule has 2 aromatic rings. The summed E-state index contributed by atoms with van der Waals surface area (Å²) in [4.78, 5) is 18.9. The summed E-state index contributed by atoms with van der Waals surface area (Å²) in [6.07, 6.45) is 2.27. The first-order valence-corrected chi connectivity index (χ1v) is 8.30. The Morgan fingerprint density at radius 1 is 1.38 bits per heavy atom. The number of aromatic nitrogens is 3. The molecule has 1 amide bonds. The number of amides is 1. The highest BCUT2D eigenvalue weighted by atomic mass is 19.1. The molecule has 0 spiro atoms. The lowest BCUT2D eigenvalue weighted by Gasteiger charge is -2.22. The molecule has 1 atom stereocenters. The first-order valence-electron chi connectivity index (χ1n) is 8.30. The fourth-order valence-corrected chi connectivity index (χ4v) is 3.15. The van der Waals surface area contributed by atoms with Gasteiger partial charge in [-0.2, -0.15) is 0 Å². The van der Waals surface area contributed by atoms with Crippen LogP contribution in [-0.4, -0.2) is 51.2 Å². The molecular weight excluding hydrogens is 309 g/mol. The number of nitrogens with zero attached hydrogens (tertiary/aromatic N) is 4. The minimum atomic E-state index is -0.313. The van der Waals surface area contributed by atoms with Crippen molar-refractivity contribution in [3.8, 4) is 5.69 Å². The second-order valence-electron chi connectivity index (χ2n) is 6.01. The van der Waals surface area contributed by atoms with E-state index in [0.717, 1.165) is 19.5 Å². The Labute approximate surface area is 140 Å². The lowest BCUT2D eigenvalue weighted by molar-refractivity contribution is 0.0931. The summed E-state index contributed by atoms with van der Waals surface area (Å²) in [5.41, 5.74) is 0.674. The molecule has 1 unspecified atom stereocenters. The van der Waals surface area contributed by atoms with E-state index in [-0.39, 0.29) is 17.5 Å². The van der Waals surface area contributed by atoms with Crippen molar-refractivity contribution >= 4 is 5.91 Å². The van der Waals surface area contributed by atoms with E-state index in [1.165, 1.54) is 18.6 Å². The predicted octanol–water partition coefficient (Wildman–Crippen LogP) is 1.93. The first-order chi connectivity index (χ1) is 11.6.